The van der Waals surface area contributed by atoms with E-state index in [1.165, 1.54) is 14.2 Å². The Morgan fingerprint density at radius 2 is 1.89 bits per heavy atom. The van der Waals surface area contributed by atoms with Crippen LogP contribution in [0.5, 0.6) is 5.75 Å². The minimum atomic E-state index is -0.426. The average molecular weight is 249 g/mol. The highest BCUT2D eigenvalue weighted by atomic mass is 16.7. The Morgan fingerprint density at radius 3 is 2.39 bits per heavy atom. The fraction of sp³-hybridized carbons (Fsp3) is 0.385. The van der Waals surface area contributed by atoms with Crippen molar-refractivity contribution in [3.05, 3.63) is 29.8 Å². The number of ether oxygens (including phenoxy) is 3. The fourth-order valence-corrected chi connectivity index (χ4v) is 1.31. The van der Waals surface area contributed by atoms with Gasteiger partial charge in [0.1, 0.15) is 12.4 Å². The predicted molar refractivity (Wildman–Crippen MR) is 64.3 cm³/mol. The average Bonchev–Trinajstić information content (AvgIpc) is 2.41. The van der Waals surface area contributed by atoms with Crippen LogP contribution in [0, 0.1) is 11.3 Å². The van der Waals surface area contributed by atoms with Crippen LogP contribution in [0.15, 0.2) is 24.3 Å². The van der Waals surface area contributed by atoms with Gasteiger partial charge in [-0.2, -0.15) is 5.26 Å². The summed E-state index contributed by atoms with van der Waals surface area (Å²) in [5.74, 6) is 0.415. The summed E-state index contributed by atoms with van der Waals surface area (Å²) in [6.45, 7) is 0.262. The van der Waals surface area contributed by atoms with Crippen molar-refractivity contribution < 1.29 is 19.0 Å². The van der Waals surface area contributed by atoms with Gasteiger partial charge in [-0.05, 0) is 24.3 Å². The lowest BCUT2D eigenvalue weighted by atomic mass is 10.1. The Bertz CT molecular complexity index is 418. The van der Waals surface area contributed by atoms with Gasteiger partial charge in [0.15, 0.2) is 12.1 Å². The summed E-state index contributed by atoms with van der Waals surface area (Å²) in [4.78, 5) is 11.4. The molecule has 0 spiro atoms. The molecule has 96 valence electrons. The number of methoxy groups -OCH3 is 2. The van der Waals surface area contributed by atoms with E-state index in [2.05, 4.69) is 0 Å². The summed E-state index contributed by atoms with van der Waals surface area (Å²) in [6.07, 6.45) is -0.541. The molecule has 0 saturated carbocycles. The Balaban J connectivity index is 2.55. The molecule has 0 fully saturated rings. The van der Waals surface area contributed by atoms with Crippen molar-refractivity contribution in [2.24, 2.45) is 0 Å². The van der Waals surface area contributed by atoms with Crippen molar-refractivity contribution in [3.8, 4) is 11.8 Å². The van der Waals surface area contributed by atoms with Crippen molar-refractivity contribution in [3.63, 3.8) is 0 Å². The highest BCUT2D eigenvalue weighted by Gasteiger charge is 2.07. The van der Waals surface area contributed by atoms with Crippen molar-refractivity contribution in [2.75, 3.05) is 20.8 Å². The van der Waals surface area contributed by atoms with Gasteiger partial charge in [-0.15, -0.1) is 0 Å². The number of Topliss-reactive ketones (excluding diaryl/α,β-unsaturated/α-hetero) is 1. The molecule has 5 nitrogen and oxygen atoms in total. The first-order chi connectivity index (χ1) is 8.71. The highest BCUT2D eigenvalue weighted by Crippen LogP contribution is 2.14. The van der Waals surface area contributed by atoms with Gasteiger partial charge in [-0.3, -0.25) is 4.79 Å². The van der Waals surface area contributed by atoms with Crippen molar-refractivity contribution in [1.29, 1.82) is 5.26 Å². The molecular weight excluding hydrogens is 234 g/mol. The van der Waals surface area contributed by atoms with Crippen molar-refractivity contribution in [2.45, 2.75) is 12.7 Å². The molecule has 0 atom stereocenters. The van der Waals surface area contributed by atoms with Crippen LogP contribution in [0.25, 0.3) is 0 Å². The van der Waals surface area contributed by atoms with Crippen LogP contribution < -0.4 is 4.74 Å². The Hall–Kier alpha value is -1.90. The summed E-state index contributed by atoms with van der Waals surface area (Å²) < 4.78 is 15.4. The number of carbonyl (C=O) groups excluding carboxylic acids is 1. The van der Waals surface area contributed by atoms with Crippen LogP contribution in [0.4, 0.5) is 0 Å². The van der Waals surface area contributed by atoms with Gasteiger partial charge in [0.25, 0.3) is 0 Å². The second-order valence-corrected chi connectivity index (χ2v) is 3.49. The first-order valence-electron chi connectivity index (χ1n) is 5.40. The molecule has 0 aliphatic heterocycles. The molecule has 0 aromatic heterocycles. The molecule has 0 amide bonds. The van der Waals surface area contributed by atoms with Crippen LogP contribution in [0.1, 0.15) is 16.8 Å². The first kappa shape index (κ1) is 14.2. The topological polar surface area (TPSA) is 68.5 Å². The second kappa shape index (κ2) is 7.43. The Kier molecular flexibility index (Phi) is 5.85. The zero-order chi connectivity index (χ0) is 13.4. The van der Waals surface area contributed by atoms with E-state index in [1.54, 1.807) is 24.3 Å². The number of benzene rings is 1. The van der Waals surface area contributed by atoms with E-state index in [1.807, 2.05) is 6.07 Å². The minimum Gasteiger partial charge on any atom is -0.488 e. The summed E-state index contributed by atoms with van der Waals surface area (Å²) in [6, 6.07) is 8.43. The molecule has 0 bridgehead atoms. The van der Waals surface area contributed by atoms with Crippen molar-refractivity contribution >= 4 is 5.78 Å². The molecule has 0 N–H and O–H groups in total. The van der Waals surface area contributed by atoms with Crippen LogP contribution in [-0.4, -0.2) is 32.9 Å². The summed E-state index contributed by atoms with van der Waals surface area (Å²) in [5.41, 5.74) is 0.499. The largest absolute Gasteiger partial charge is 0.488 e. The number of hydrogen-bond acceptors (Lipinski definition) is 5. The standard InChI is InChI=1S/C13H15NO4/c1-16-13(17-2)9-18-11-5-3-10(4-6-11)12(15)7-8-14/h3-6,13H,7,9H2,1-2H3. The maximum Gasteiger partial charge on any atom is 0.191 e. The van der Waals surface area contributed by atoms with E-state index < -0.39 is 6.29 Å². The summed E-state index contributed by atoms with van der Waals surface area (Å²) in [5, 5.41) is 8.43. The van der Waals surface area contributed by atoms with Gasteiger partial charge < -0.3 is 14.2 Å². The van der Waals surface area contributed by atoms with Gasteiger partial charge >= 0.3 is 0 Å². The lowest BCUT2D eigenvalue weighted by molar-refractivity contribution is -0.121. The maximum absolute atomic E-state index is 11.4. The molecule has 0 radical (unpaired) electrons. The highest BCUT2D eigenvalue weighted by molar-refractivity contribution is 5.97. The molecule has 1 aromatic carbocycles. The van der Waals surface area contributed by atoms with Gasteiger partial charge in [0.2, 0.25) is 0 Å². The number of hydrogen-bond donors (Lipinski definition) is 0. The summed E-state index contributed by atoms with van der Waals surface area (Å²) >= 11 is 0. The Morgan fingerprint density at radius 1 is 1.28 bits per heavy atom. The van der Waals surface area contributed by atoms with Gasteiger partial charge in [-0.1, -0.05) is 0 Å². The van der Waals surface area contributed by atoms with E-state index >= 15 is 0 Å². The number of nitriles is 1. The van der Waals surface area contributed by atoms with E-state index in [0.717, 1.165) is 0 Å². The maximum atomic E-state index is 11.4. The third-order valence-corrected chi connectivity index (χ3v) is 2.33. The van der Waals surface area contributed by atoms with Gasteiger partial charge in [-0.25, -0.2) is 0 Å². The molecule has 0 aliphatic carbocycles. The molecule has 18 heavy (non-hydrogen) atoms. The van der Waals surface area contributed by atoms with Crippen LogP contribution in [-0.2, 0) is 9.47 Å². The predicted octanol–water partition coefficient (Wildman–Crippen LogP) is 1.78. The van der Waals surface area contributed by atoms with Crippen LogP contribution >= 0.6 is 0 Å². The van der Waals surface area contributed by atoms with E-state index in [-0.39, 0.29) is 18.8 Å². The third-order valence-electron chi connectivity index (χ3n) is 2.33. The van der Waals surface area contributed by atoms with Crippen LogP contribution in [0.3, 0.4) is 0 Å². The minimum absolute atomic E-state index is 0.115. The molecule has 0 saturated heterocycles. The quantitative estimate of drug-likeness (QED) is 0.544. The zero-order valence-corrected chi connectivity index (χ0v) is 10.4. The molecule has 1 rings (SSSR count). The van der Waals surface area contributed by atoms with E-state index in [4.69, 9.17) is 19.5 Å². The fourth-order valence-electron chi connectivity index (χ4n) is 1.31. The number of carbonyl (C=O) groups is 1. The van der Waals surface area contributed by atoms with Gasteiger partial charge in [0.05, 0.1) is 12.5 Å². The van der Waals surface area contributed by atoms with Gasteiger partial charge in [0, 0.05) is 19.8 Å². The van der Waals surface area contributed by atoms with Crippen LogP contribution in [0.2, 0.25) is 0 Å². The normalized spacial score (nSPS) is 10.1. The molecular formula is C13H15NO4. The SMILES string of the molecule is COC(COc1ccc(C(=O)CC#N)cc1)OC. The smallest absolute Gasteiger partial charge is 0.191 e. The van der Waals surface area contributed by atoms with Crippen molar-refractivity contribution in [1.82, 2.24) is 0 Å². The lowest BCUT2D eigenvalue weighted by Gasteiger charge is -2.14. The molecule has 0 unspecified atom stereocenters. The number of ketones is 1. The summed E-state index contributed by atoms with van der Waals surface area (Å²) in [7, 11) is 3.06. The van der Waals surface area contributed by atoms with E-state index in [0.29, 0.717) is 11.3 Å². The zero-order valence-electron chi connectivity index (χ0n) is 10.4. The molecule has 5 heteroatoms. The number of nitrogens with zero attached hydrogens (tertiary/aromatic N) is 1. The number of rotatable bonds is 7. The molecule has 0 aliphatic rings. The molecule has 1 aromatic rings. The van der Waals surface area contributed by atoms with E-state index in [9.17, 15) is 4.79 Å². The monoisotopic (exact) mass is 249 g/mol. The first-order valence-corrected chi connectivity index (χ1v) is 5.40. The Labute approximate surface area is 106 Å². The second-order valence-electron chi connectivity index (χ2n) is 3.49. The lowest BCUT2D eigenvalue weighted by Crippen LogP contribution is -2.21. The molecule has 0 heterocycles. The third kappa shape index (κ3) is 4.17.